The molecule has 0 radical (unpaired) electrons. The van der Waals surface area contributed by atoms with Crippen LogP contribution in [0.5, 0.6) is 0 Å². The minimum Gasteiger partial charge on any atom is -0.385 e. The average Bonchev–Trinajstić information content (AvgIpc) is 2.76. The Labute approximate surface area is 184 Å². The Hall–Kier alpha value is -1.04. The van der Waals surface area contributed by atoms with Gasteiger partial charge < -0.3 is 26.4 Å². The van der Waals surface area contributed by atoms with Crippen molar-refractivity contribution in [1.82, 2.24) is 10.2 Å². The first-order valence-corrected chi connectivity index (χ1v) is 12.7. The van der Waals surface area contributed by atoms with Crippen molar-refractivity contribution < 1.29 is 4.74 Å². The number of morpholine rings is 1. The first-order valence-electron chi connectivity index (χ1n) is 12.7. The summed E-state index contributed by atoms with van der Waals surface area (Å²) in [6.45, 7) is 5.83. The Morgan fingerprint density at radius 1 is 0.967 bits per heavy atom. The molecular formula is C25H46N4O. The third-order valence-corrected chi connectivity index (χ3v) is 7.17. The number of hydrogen-bond donors (Lipinski definition) is 3. The molecule has 0 aromatic carbocycles. The molecule has 1 aliphatic heterocycles. The van der Waals surface area contributed by atoms with E-state index in [1.165, 1.54) is 75.6 Å². The standard InChI is InChI=1S/C25H46N4O/c1-2-3-4-5-6-7-8-9-23-24(27)18-22(29-14-16-30-17-15-29)19-25(23)28-21-12-10-20(26)11-13-21/h18-21,23-24,28H,2-17,26-27H2,1H3/t20-,21+,23?,24?. The van der Waals surface area contributed by atoms with Crippen LogP contribution in [0.4, 0.5) is 0 Å². The molecule has 30 heavy (non-hydrogen) atoms. The van der Waals surface area contributed by atoms with Crippen LogP contribution in [0, 0.1) is 5.92 Å². The van der Waals surface area contributed by atoms with Gasteiger partial charge in [0.15, 0.2) is 0 Å². The van der Waals surface area contributed by atoms with Crippen LogP contribution in [-0.2, 0) is 4.74 Å². The number of nitrogens with zero attached hydrogens (tertiary/aromatic N) is 1. The van der Waals surface area contributed by atoms with Crippen LogP contribution in [0.2, 0.25) is 0 Å². The largest absolute Gasteiger partial charge is 0.385 e. The molecule has 1 saturated heterocycles. The summed E-state index contributed by atoms with van der Waals surface area (Å²) in [4.78, 5) is 2.44. The first kappa shape index (κ1) is 23.6. The van der Waals surface area contributed by atoms with Gasteiger partial charge in [-0.2, -0.15) is 0 Å². The number of nitrogens with one attached hydrogen (secondary N) is 1. The van der Waals surface area contributed by atoms with E-state index >= 15 is 0 Å². The first-order chi connectivity index (χ1) is 14.7. The van der Waals surface area contributed by atoms with Crippen LogP contribution in [0.25, 0.3) is 0 Å². The van der Waals surface area contributed by atoms with Crippen molar-refractivity contribution in [3.8, 4) is 0 Å². The van der Waals surface area contributed by atoms with Crippen LogP contribution in [-0.4, -0.2) is 49.3 Å². The molecule has 0 aromatic rings. The third kappa shape index (κ3) is 7.28. The molecule has 3 rings (SSSR count). The van der Waals surface area contributed by atoms with E-state index in [-0.39, 0.29) is 6.04 Å². The van der Waals surface area contributed by atoms with Gasteiger partial charge in [-0.3, -0.25) is 0 Å². The zero-order valence-corrected chi connectivity index (χ0v) is 19.3. The smallest absolute Gasteiger partial charge is 0.0642 e. The predicted octanol–water partition coefficient (Wildman–Crippen LogP) is 4.04. The number of allylic oxidation sites excluding steroid dienone is 1. The third-order valence-electron chi connectivity index (χ3n) is 7.17. The summed E-state index contributed by atoms with van der Waals surface area (Å²) in [6, 6.07) is 1.03. The fourth-order valence-electron chi connectivity index (χ4n) is 5.17. The van der Waals surface area contributed by atoms with E-state index in [2.05, 4.69) is 29.3 Å². The summed E-state index contributed by atoms with van der Waals surface area (Å²) in [7, 11) is 0. The van der Waals surface area contributed by atoms with Gasteiger partial charge in [0.1, 0.15) is 0 Å². The summed E-state index contributed by atoms with van der Waals surface area (Å²) >= 11 is 0. The van der Waals surface area contributed by atoms with Crippen LogP contribution in [0.3, 0.4) is 0 Å². The number of unbranched alkanes of at least 4 members (excludes halogenated alkanes) is 6. The van der Waals surface area contributed by atoms with Crippen LogP contribution in [0.15, 0.2) is 23.5 Å². The van der Waals surface area contributed by atoms with E-state index < -0.39 is 0 Å². The van der Waals surface area contributed by atoms with Gasteiger partial charge in [-0.15, -0.1) is 0 Å². The maximum atomic E-state index is 6.74. The fraction of sp³-hybridized carbons (Fsp3) is 0.840. The van der Waals surface area contributed by atoms with Gasteiger partial charge in [-0.05, 0) is 44.3 Å². The van der Waals surface area contributed by atoms with Gasteiger partial charge >= 0.3 is 0 Å². The highest BCUT2D eigenvalue weighted by molar-refractivity contribution is 5.32. The second-order valence-corrected chi connectivity index (χ2v) is 9.64. The summed E-state index contributed by atoms with van der Waals surface area (Å²) in [5, 5.41) is 3.92. The molecule has 0 spiro atoms. The molecule has 172 valence electrons. The van der Waals surface area contributed by atoms with Crippen molar-refractivity contribution in [2.45, 2.75) is 102 Å². The van der Waals surface area contributed by atoms with Crippen LogP contribution < -0.4 is 16.8 Å². The van der Waals surface area contributed by atoms with Crippen molar-refractivity contribution >= 4 is 0 Å². The topological polar surface area (TPSA) is 76.5 Å². The maximum Gasteiger partial charge on any atom is 0.0642 e. The Kier molecular flexibility index (Phi) is 10.0. The molecule has 2 unspecified atom stereocenters. The van der Waals surface area contributed by atoms with Crippen molar-refractivity contribution in [2.75, 3.05) is 26.3 Å². The molecule has 0 bridgehead atoms. The van der Waals surface area contributed by atoms with Gasteiger partial charge in [-0.1, -0.05) is 51.9 Å². The molecule has 2 atom stereocenters. The Balaban J connectivity index is 1.58. The SMILES string of the molecule is CCCCCCCCCC1C(N[C@H]2CC[C@@H](N)CC2)=CC(N2CCOCC2)=CC1N. The summed E-state index contributed by atoms with van der Waals surface area (Å²) in [5.41, 5.74) is 15.5. The summed E-state index contributed by atoms with van der Waals surface area (Å²) in [6.07, 6.45) is 19.9. The van der Waals surface area contributed by atoms with Gasteiger partial charge in [0.05, 0.1) is 13.2 Å². The van der Waals surface area contributed by atoms with E-state index in [0.29, 0.717) is 18.0 Å². The lowest BCUT2D eigenvalue weighted by atomic mass is 9.84. The number of hydrogen-bond acceptors (Lipinski definition) is 5. The van der Waals surface area contributed by atoms with E-state index in [9.17, 15) is 0 Å². The highest BCUT2D eigenvalue weighted by Crippen LogP contribution is 2.30. The minimum atomic E-state index is 0.0984. The lowest BCUT2D eigenvalue weighted by Crippen LogP contribution is -2.44. The molecule has 0 amide bonds. The number of ether oxygens (including phenoxy) is 1. The molecular weight excluding hydrogens is 372 g/mol. The van der Waals surface area contributed by atoms with E-state index in [0.717, 1.165) is 39.1 Å². The van der Waals surface area contributed by atoms with E-state index in [1.807, 2.05) is 0 Å². The second-order valence-electron chi connectivity index (χ2n) is 9.64. The van der Waals surface area contributed by atoms with Crippen molar-refractivity contribution in [3.63, 3.8) is 0 Å². The monoisotopic (exact) mass is 418 g/mol. The minimum absolute atomic E-state index is 0.0984. The van der Waals surface area contributed by atoms with Gasteiger partial charge in [-0.25, -0.2) is 0 Å². The molecule has 0 aromatic heterocycles. The highest BCUT2D eigenvalue weighted by atomic mass is 16.5. The summed E-state index contributed by atoms with van der Waals surface area (Å²) < 4.78 is 5.55. The quantitative estimate of drug-likeness (QED) is 0.441. The molecule has 3 aliphatic rings. The highest BCUT2D eigenvalue weighted by Gasteiger charge is 2.29. The van der Waals surface area contributed by atoms with E-state index in [4.69, 9.17) is 16.2 Å². The maximum absolute atomic E-state index is 6.74. The Morgan fingerprint density at radius 2 is 1.63 bits per heavy atom. The van der Waals surface area contributed by atoms with Crippen molar-refractivity contribution in [1.29, 1.82) is 0 Å². The molecule has 1 heterocycles. The predicted molar refractivity (Wildman–Crippen MR) is 126 cm³/mol. The average molecular weight is 419 g/mol. The van der Waals surface area contributed by atoms with Crippen molar-refractivity contribution in [2.24, 2.45) is 17.4 Å². The molecule has 5 N–H and O–H groups in total. The zero-order chi connectivity index (χ0) is 21.2. The lowest BCUT2D eigenvalue weighted by molar-refractivity contribution is 0.0547. The molecule has 5 heteroatoms. The van der Waals surface area contributed by atoms with Crippen LogP contribution >= 0.6 is 0 Å². The Morgan fingerprint density at radius 3 is 2.33 bits per heavy atom. The van der Waals surface area contributed by atoms with Crippen molar-refractivity contribution in [3.05, 3.63) is 23.5 Å². The van der Waals surface area contributed by atoms with Gasteiger partial charge in [0.2, 0.25) is 0 Å². The number of rotatable bonds is 11. The Bertz CT molecular complexity index is 547. The molecule has 2 aliphatic carbocycles. The van der Waals surface area contributed by atoms with Gasteiger partial charge in [0, 0.05) is 48.5 Å². The zero-order valence-electron chi connectivity index (χ0n) is 19.3. The fourth-order valence-corrected chi connectivity index (χ4v) is 5.17. The van der Waals surface area contributed by atoms with Crippen LogP contribution in [0.1, 0.15) is 84.0 Å². The molecule has 2 fully saturated rings. The summed E-state index contributed by atoms with van der Waals surface area (Å²) in [5.74, 6) is 0.418. The normalized spacial score (nSPS) is 30.0. The lowest BCUT2D eigenvalue weighted by Gasteiger charge is -2.38. The van der Waals surface area contributed by atoms with Gasteiger partial charge in [0.25, 0.3) is 0 Å². The molecule has 5 nitrogen and oxygen atoms in total. The second kappa shape index (κ2) is 12.7. The van der Waals surface area contributed by atoms with E-state index in [1.54, 1.807) is 0 Å². The molecule has 1 saturated carbocycles. The number of nitrogens with two attached hydrogens (primary N) is 2.